The van der Waals surface area contributed by atoms with Crippen molar-refractivity contribution in [2.45, 2.75) is 19.6 Å². The van der Waals surface area contributed by atoms with Crippen molar-refractivity contribution in [3.05, 3.63) is 64.2 Å². The van der Waals surface area contributed by atoms with Crippen LogP contribution in [-0.4, -0.2) is 30.9 Å². The molecule has 0 fully saturated rings. The van der Waals surface area contributed by atoms with Gasteiger partial charge in [-0.05, 0) is 25.1 Å². The van der Waals surface area contributed by atoms with Crippen LogP contribution in [0.25, 0.3) is 0 Å². The molecule has 0 aliphatic rings. The van der Waals surface area contributed by atoms with Crippen LogP contribution in [0, 0.1) is 12.3 Å². The van der Waals surface area contributed by atoms with Gasteiger partial charge in [-0.15, -0.1) is 0 Å². The number of hydrogen-bond acceptors (Lipinski definition) is 6. The largest absolute Gasteiger partial charge is 0.451 e. The van der Waals surface area contributed by atoms with Crippen molar-refractivity contribution < 1.29 is 13.2 Å². The van der Waals surface area contributed by atoms with E-state index >= 15 is 0 Å². The Morgan fingerprint density at radius 2 is 1.96 bits per heavy atom. The van der Waals surface area contributed by atoms with E-state index < -0.39 is 12.0 Å². The van der Waals surface area contributed by atoms with Crippen molar-refractivity contribution in [2.24, 2.45) is 0 Å². The molecule has 27 heavy (non-hydrogen) atoms. The summed E-state index contributed by atoms with van der Waals surface area (Å²) in [5.74, 6) is -0.997. The summed E-state index contributed by atoms with van der Waals surface area (Å²) in [6, 6.07) is 4.61. The molecule has 0 amide bonds. The van der Waals surface area contributed by atoms with Crippen molar-refractivity contribution in [1.29, 1.82) is 5.41 Å². The molecule has 0 saturated heterocycles. The highest BCUT2D eigenvalue weighted by Gasteiger charge is 2.35. The second kappa shape index (κ2) is 7.31. The number of alkyl halides is 3. The minimum atomic E-state index is -4.67. The topological polar surface area (TPSA) is 103 Å². The van der Waals surface area contributed by atoms with Crippen LogP contribution in [0.3, 0.4) is 0 Å². The maximum atomic E-state index is 12.7. The molecule has 3 rings (SSSR count). The zero-order valence-corrected chi connectivity index (χ0v) is 14.7. The third kappa shape index (κ3) is 4.40. The van der Waals surface area contributed by atoms with Gasteiger partial charge in [0.1, 0.15) is 11.5 Å². The third-order valence-corrected chi connectivity index (χ3v) is 3.78. The highest BCUT2D eigenvalue weighted by atomic mass is 35.5. The quantitative estimate of drug-likeness (QED) is 0.573. The Labute approximate surface area is 156 Å². The number of benzene rings is 1. The van der Waals surface area contributed by atoms with Gasteiger partial charge in [0.2, 0.25) is 5.82 Å². The predicted molar refractivity (Wildman–Crippen MR) is 92.9 cm³/mol. The molecular formula is C16H13ClF3N7. The standard InChI is InChI=1S/C16H13ClF3N7/c1-8-22-5-9(6-23-8)7-24-12-4-10(17)2-3-11(12)13(21)14-25-15(27-26-14)16(18,19)20/h2-6,21,24H,7H2,1H3,(H,25,26,27). The monoisotopic (exact) mass is 395 g/mol. The Balaban J connectivity index is 1.85. The average molecular weight is 396 g/mol. The van der Waals surface area contributed by atoms with Gasteiger partial charge in [-0.2, -0.15) is 18.3 Å². The van der Waals surface area contributed by atoms with E-state index in [0.717, 1.165) is 5.56 Å². The molecule has 3 N–H and O–H groups in total. The average Bonchev–Trinajstić information content (AvgIpc) is 3.11. The second-order valence-corrected chi connectivity index (χ2v) is 6.00. The highest BCUT2D eigenvalue weighted by Crippen LogP contribution is 2.27. The van der Waals surface area contributed by atoms with Gasteiger partial charge < -0.3 is 5.32 Å². The minimum Gasteiger partial charge on any atom is -0.380 e. The number of nitrogens with zero attached hydrogens (tertiary/aromatic N) is 4. The first-order chi connectivity index (χ1) is 12.7. The zero-order valence-electron chi connectivity index (χ0n) is 13.9. The van der Waals surface area contributed by atoms with Gasteiger partial charge in [0.15, 0.2) is 5.82 Å². The molecule has 0 bridgehead atoms. The van der Waals surface area contributed by atoms with Crippen molar-refractivity contribution in [2.75, 3.05) is 5.32 Å². The lowest BCUT2D eigenvalue weighted by molar-refractivity contribution is -0.144. The van der Waals surface area contributed by atoms with Gasteiger partial charge >= 0.3 is 6.18 Å². The molecule has 2 heterocycles. The normalized spacial score (nSPS) is 11.4. The van der Waals surface area contributed by atoms with Crippen LogP contribution in [0.5, 0.6) is 0 Å². The Morgan fingerprint density at radius 1 is 1.26 bits per heavy atom. The molecule has 0 spiro atoms. The lowest BCUT2D eigenvalue weighted by Gasteiger charge is -2.12. The number of halogens is 4. The first kappa shape index (κ1) is 18.8. The first-order valence-corrected chi connectivity index (χ1v) is 8.01. The number of hydrogen-bond donors (Lipinski definition) is 3. The molecule has 3 aromatic rings. The number of aryl methyl sites for hydroxylation is 1. The van der Waals surface area contributed by atoms with E-state index in [0.29, 0.717) is 28.6 Å². The molecule has 7 nitrogen and oxygen atoms in total. The fraction of sp³-hybridized carbons (Fsp3) is 0.188. The molecular weight excluding hydrogens is 383 g/mol. The molecule has 1 aromatic carbocycles. The Bertz CT molecular complexity index is 967. The summed E-state index contributed by atoms with van der Waals surface area (Å²) in [5, 5.41) is 17.0. The van der Waals surface area contributed by atoms with Crippen LogP contribution >= 0.6 is 11.6 Å². The number of aromatic amines is 1. The molecule has 0 aliphatic carbocycles. The van der Waals surface area contributed by atoms with E-state index in [-0.39, 0.29) is 11.5 Å². The number of H-pyrrole nitrogens is 1. The van der Waals surface area contributed by atoms with Gasteiger partial charge in [0.25, 0.3) is 0 Å². The zero-order chi connectivity index (χ0) is 19.6. The summed E-state index contributed by atoms with van der Waals surface area (Å²) in [4.78, 5) is 11.5. The summed E-state index contributed by atoms with van der Waals surface area (Å²) in [5.41, 5.74) is 1.27. The van der Waals surface area contributed by atoms with Crippen molar-refractivity contribution in [3.8, 4) is 0 Å². The van der Waals surface area contributed by atoms with Gasteiger partial charge in [-0.3, -0.25) is 10.5 Å². The predicted octanol–water partition coefficient (Wildman–Crippen LogP) is 3.60. The molecule has 11 heteroatoms. The fourth-order valence-electron chi connectivity index (χ4n) is 2.21. The van der Waals surface area contributed by atoms with Crippen LogP contribution in [0.15, 0.2) is 30.6 Å². The summed E-state index contributed by atoms with van der Waals surface area (Å²) < 4.78 is 38.1. The molecule has 0 unspecified atom stereocenters. The number of anilines is 1. The van der Waals surface area contributed by atoms with E-state index in [1.807, 2.05) is 0 Å². The van der Waals surface area contributed by atoms with Gasteiger partial charge in [-0.25, -0.2) is 15.0 Å². The number of aromatic nitrogens is 5. The van der Waals surface area contributed by atoms with E-state index in [4.69, 9.17) is 17.0 Å². The van der Waals surface area contributed by atoms with Gasteiger partial charge in [0, 0.05) is 40.8 Å². The fourth-order valence-corrected chi connectivity index (χ4v) is 2.38. The van der Waals surface area contributed by atoms with Gasteiger partial charge in [0.05, 0.1) is 0 Å². The molecule has 0 atom stereocenters. The van der Waals surface area contributed by atoms with Crippen LogP contribution in [0.1, 0.15) is 28.6 Å². The Hall–Kier alpha value is -3.01. The molecule has 0 aliphatic heterocycles. The molecule has 0 saturated carbocycles. The lowest BCUT2D eigenvalue weighted by Crippen LogP contribution is -2.11. The van der Waals surface area contributed by atoms with E-state index in [1.165, 1.54) is 12.1 Å². The Morgan fingerprint density at radius 3 is 2.59 bits per heavy atom. The summed E-state index contributed by atoms with van der Waals surface area (Å²) in [6.07, 6.45) is -1.37. The van der Waals surface area contributed by atoms with Crippen LogP contribution in [0.2, 0.25) is 5.02 Å². The minimum absolute atomic E-state index is 0.277. The van der Waals surface area contributed by atoms with E-state index in [9.17, 15) is 13.2 Å². The summed E-state index contributed by atoms with van der Waals surface area (Å²) >= 11 is 6.01. The lowest BCUT2D eigenvalue weighted by atomic mass is 10.1. The van der Waals surface area contributed by atoms with Gasteiger partial charge in [-0.1, -0.05) is 11.6 Å². The summed E-state index contributed by atoms with van der Waals surface area (Å²) in [6.45, 7) is 2.10. The first-order valence-electron chi connectivity index (χ1n) is 7.64. The van der Waals surface area contributed by atoms with E-state index in [1.54, 1.807) is 30.5 Å². The van der Waals surface area contributed by atoms with E-state index in [2.05, 4.69) is 25.4 Å². The maximum absolute atomic E-state index is 12.7. The van der Waals surface area contributed by atoms with Crippen LogP contribution < -0.4 is 5.32 Å². The van der Waals surface area contributed by atoms with Crippen molar-refractivity contribution >= 4 is 23.0 Å². The van der Waals surface area contributed by atoms with Crippen molar-refractivity contribution in [3.63, 3.8) is 0 Å². The maximum Gasteiger partial charge on any atom is 0.451 e. The van der Waals surface area contributed by atoms with Crippen molar-refractivity contribution in [1.82, 2.24) is 25.1 Å². The summed E-state index contributed by atoms with van der Waals surface area (Å²) in [7, 11) is 0. The second-order valence-electron chi connectivity index (χ2n) is 5.56. The highest BCUT2D eigenvalue weighted by molar-refractivity contribution is 6.31. The van der Waals surface area contributed by atoms with Crippen LogP contribution in [-0.2, 0) is 12.7 Å². The number of nitrogens with one attached hydrogen (secondary N) is 3. The SMILES string of the molecule is Cc1ncc(CNc2cc(Cl)ccc2C(=N)c2n[nH]c(C(F)(F)F)n2)cn1. The smallest absolute Gasteiger partial charge is 0.380 e. The third-order valence-electron chi connectivity index (χ3n) is 3.55. The molecule has 140 valence electrons. The van der Waals surface area contributed by atoms with Crippen LogP contribution in [0.4, 0.5) is 18.9 Å². The molecule has 0 radical (unpaired) electrons. The molecule has 2 aromatic heterocycles. The number of rotatable bonds is 5. The Kier molecular flexibility index (Phi) is 5.08.